The van der Waals surface area contributed by atoms with E-state index >= 15 is 0 Å². The summed E-state index contributed by atoms with van der Waals surface area (Å²) >= 11 is 0. The monoisotopic (exact) mass is 970 g/mol. The van der Waals surface area contributed by atoms with Crippen molar-refractivity contribution in [2.24, 2.45) is 0 Å². The van der Waals surface area contributed by atoms with Gasteiger partial charge in [0.25, 0.3) is 0 Å². The summed E-state index contributed by atoms with van der Waals surface area (Å²) in [5, 5.41) is 23.4. The van der Waals surface area contributed by atoms with Gasteiger partial charge in [-0.25, -0.2) is 0 Å². The Morgan fingerprint density at radius 3 is 0.870 bits per heavy atom. The minimum absolute atomic E-state index is 0.0246. The van der Waals surface area contributed by atoms with E-state index in [0.717, 1.165) is 32.1 Å². The highest BCUT2D eigenvalue weighted by molar-refractivity contribution is 5.76. The number of carbonyl (C=O) groups excluding carboxylic acids is 1. The maximum Gasteiger partial charge on any atom is 0.220 e. The number of unbranched alkanes of at least 4 members (excludes halogenated alkanes) is 49. The molecule has 0 aromatic heterocycles. The molecular formula is C65H127NO3. The zero-order valence-corrected chi connectivity index (χ0v) is 47.4. The second-order valence-electron chi connectivity index (χ2n) is 22.2. The number of amides is 1. The van der Waals surface area contributed by atoms with Crippen LogP contribution in [0.3, 0.4) is 0 Å². The number of carbonyl (C=O) groups is 1. The zero-order valence-electron chi connectivity index (χ0n) is 47.4. The molecule has 410 valence electrons. The molecule has 0 saturated carbocycles. The van der Waals surface area contributed by atoms with Crippen LogP contribution >= 0.6 is 0 Å². The quantitative estimate of drug-likeness (QED) is 0.0420. The zero-order chi connectivity index (χ0) is 49.9. The summed E-state index contributed by atoms with van der Waals surface area (Å²) in [6.07, 6.45) is 82.0. The molecule has 0 saturated heterocycles. The summed E-state index contributed by atoms with van der Waals surface area (Å²) in [6.45, 7) is 4.39. The highest BCUT2D eigenvalue weighted by Gasteiger charge is 2.20. The molecule has 0 aromatic carbocycles. The van der Waals surface area contributed by atoms with Gasteiger partial charge in [-0.2, -0.15) is 0 Å². The first-order chi connectivity index (χ1) is 34.2. The van der Waals surface area contributed by atoms with Gasteiger partial charge in [0.15, 0.2) is 0 Å². The molecule has 0 radical (unpaired) electrons. The van der Waals surface area contributed by atoms with E-state index in [-0.39, 0.29) is 12.5 Å². The number of aliphatic hydroxyl groups excluding tert-OH is 2. The van der Waals surface area contributed by atoms with Crippen molar-refractivity contribution in [2.45, 2.75) is 379 Å². The van der Waals surface area contributed by atoms with Gasteiger partial charge >= 0.3 is 0 Å². The highest BCUT2D eigenvalue weighted by atomic mass is 16.3. The first-order valence-electron chi connectivity index (χ1n) is 32.0. The number of allylic oxidation sites excluding steroid dienone is 4. The molecule has 3 N–H and O–H groups in total. The third-order valence-corrected chi connectivity index (χ3v) is 15.2. The Morgan fingerprint density at radius 1 is 0.348 bits per heavy atom. The lowest BCUT2D eigenvalue weighted by Gasteiger charge is -2.22. The average molecular weight is 971 g/mol. The Morgan fingerprint density at radius 2 is 0.594 bits per heavy atom. The highest BCUT2D eigenvalue weighted by Crippen LogP contribution is 2.19. The molecule has 0 aromatic rings. The Bertz CT molecular complexity index is 1010. The summed E-state index contributed by atoms with van der Waals surface area (Å²) in [5.74, 6) is -0.0246. The van der Waals surface area contributed by atoms with Gasteiger partial charge in [-0.1, -0.05) is 340 Å². The van der Waals surface area contributed by atoms with Crippen LogP contribution in [-0.4, -0.2) is 34.9 Å². The SMILES string of the molecule is CCCCCCC/C=C\C/C=C\CCCCCCCCCCCCCCCCCC(=O)NC(CO)C(O)CCCCCCCCCCCCCCCCCCCCCCCCCCCCCCCC. The van der Waals surface area contributed by atoms with Crippen molar-refractivity contribution >= 4 is 5.91 Å². The van der Waals surface area contributed by atoms with Crippen molar-refractivity contribution in [3.8, 4) is 0 Å². The summed E-state index contributed by atoms with van der Waals surface area (Å²) in [4.78, 5) is 12.5. The molecule has 0 aliphatic carbocycles. The van der Waals surface area contributed by atoms with Crippen molar-refractivity contribution in [3.63, 3.8) is 0 Å². The lowest BCUT2D eigenvalue weighted by molar-refractivity contribution is -0.123. The van der Waals surface area contributed by atoms with E-state index in [1.165, 1.54) is 308 Å². The van der Waals surface area contributed by atoms with Gasteiger partial charge in [-0.3, -0.25) is 4.79 Å². The van der Waals surface area contributed by atoms with Crippen LogP contribution in [0.5, 0.6) is 0 Å². The van der Waals surface area contributed by atoms with Crippen molar-refractivity contribution in [1.82, 2.24) is 5.32 Å². The van der Waals surface area contributed by atoms with Crippen molar-refractivity contribution in [2.75, 3.05) is 6.61 Å². The van der Waals surface area contributed by atoms with Gasteiger partial charge in [0.05, 0.1) is 18.8 Å². The van der Waals surface area contributed by atoms with Crippen molar-refractivity contribution in [3.05, 3.63) is 24.3 Å². The molecule has 0 spiro atoms. The summed E-state index contributed by atoms with van der Waals surface area (Å²) in [6, 6.07) is -0.536. The second-order valence-corrected chi connectivity index (χ2v) is 22.2. The van der Waals surface area contributed by atoms with Crippen LogP contribution < -0.4 is 5.32 Å². The minimum Gasteiger partial charge on any atom is -0.394 e. The predicted molar refractivity (Wildman–Crippen MR) is 309 cm³/mol. The topological polar surface area (TPSA) is 69.6 Å². The fourth-order valence-electron chi connectivity index (χ4n) is 10.3. The molecule has 0 fully saturated rings. The normalized spacial score (nSPS) is 12.8. The Kier molecular flexibility index (Phi) is 60.2. The number of rotatable bonds is 60. The van der Waals surface area contributed by atoms with Crippen LogP contribution in [0.1, 0.15) is 367 Å². The van der Waals surface area contributed by atoms with E-state index in [1.54, 1.807) is 0 Å². The van der Waals surface area contributed by atoms with Crippen LogP contribution in [0.4, 0.5) is 0 Å². The molecule has 69 heavy (non-hydrogen) atoms. The van der Waals surface area contributed by atoms with E-state index in [9.17, 15) is 15.0 Å². The molecule has 0 rings (SSSR count). The summed E-state index contributed by atoms with van der Waals surface area (Å²) < 4.78 is 0. The number of aliphatic hydroxyl groups is 2. The largest absolute Gasteiger partial charge is 0.394 e. The van der Waals surface area contributed by atoms with Crippen molar-refractivity contribution < 1.29 is 15.0 Å². The molecule has 4 nitrogen and oxygen atoms in total. The number of hydrogen-bond donors (Lipinski definition) is 3. The van der Waals surface area contributed by atoms with Crippen LogP contribution in [0, 0.1) is 0 Å². The average Bonchev–Trinajstić information content (AvgIpc) is 3.35. The van der Waals surface area contributed by atoms with Crippen molar-refractivity contribution in [1.29, 1.82) is 0 Å². The molecule has 0 heterocycles. The Labute approximate surface area is 434 Å². The van der Waals surface area contributed by atoms with Gasteiger partial charge in [-0.15, -0.1) is 0 Å². The van der Waals surface area contributed by atoms with E-state index < -0.39 is 12.1 Å². The molecule has 2 atom stereocenters. The van der Waals surface area contributed by atoms with Crippen LogP contribution in [0.25, 0.3) is 0 Å². The maximum atomic E-state index is 12.5. The van der Waals surface area contributed by atoms with Gasteiger partial charge in [0.2, 0.25) is 5.91 Å². The molecule has 2 unspecified atom stereocenters. The Hall–Kier alpha value is -1.13. The van der Waals surface area contributed by atoms with Crippen LogP contribution in [0.15, 0.2) is 24.3 Å². The molecule has 4 heteroatoms. The van der Waals surface area contributed by atoms with E-state index in [1.807, 2.05) is 0 Å². The molecule has 1 amide bonds. The number of hydrogen-bond acceptors (Lipinski definition) is 3. The first kappa shape index (κ1) is 67.9. The second kappa shape index (κ2) is 61.2. The predicted octanol–water partition coefficient (Wildman–Crippen LogP) is 21.4. The Balaban J connectivity index is 3.40. The molecule has 0 aliphatic heterocycles. The third-order valence-electron chi connectivity index (χ3n) is 15.2. The lowest BCUT2D eigenvalue weighted by Crippen LogP contribution is -2.45. The lowest BCUT2D eigenvalue weighted by atomic mass is 10.0. The van der Waals surface area contributed by atoms with Gasteiger partial charge in [0.1, 0.15) is 0 Å². The standard InChI is InChI=1S/C65H127NO3/c1-3-5-7-9-11-13-15-17-19-21-23-25-27-29-31-32-33-35-36-38-40-42-44-46-48-50-52-54-56-58-60-64(68)63(62-67)66-65(69)61-59-57-55-53-51-49-47-45-43-41-39-37-34-30-28-26-24-22-20-18-16-14-12-10-8-6-4-2/h16,18,22,24,63-64,67-68H,3-15,17,19-21,23,25-62H2,1-2H3,(H,66,69)/b18-16-,24-22-. The van der Waals surface area contributed by atoms with E-state index in [4.69, 9.17) is 0 Å². The van der Waals surface area contributed by atoms with Crippen LogP contribution in [0.2, 0.25) is 0 Å². The minimum atomic E-state index is -0.660. The van der Waals surface area contributed by atoms with E-state index in [2.05, 4.69) is 43.5 Å². The van der Waals surface area contributed by atoms with Crippen LogP contribution in [-0.2, 0) is 4.79 Å². The first-order valence-corrected chi connectivity index (χ1v) is 32.0. The summed E-state index contributed by atoms with van der Waals surface area (Å²) in [7, 11) is 0. The smallest absolute Gasteiger partial charge is 0.220 e. The van der Waals surface area contributed by atoms with Gasteiger partial charge < -0.3 is 15.5 Å². The molecule has 0 aliphatic rings. The van der Waals surface area contributed by atoms with E-state index in [0.29, 0.717) is 12.8 Å². The maximum absolute atomic E-state index is 12.5. The fourth-order valence-corrected chi connectivity index (χ4v) is 10.3. The summed E-state index contributed by atoms with van der Waals surface area (Å²) in [5.41, 5.74) is 0. The fraction of sp³-hybridized carbons (Fsp3) is 0.923. The molecular weight excluding hydrogens is 843 g/mol. The third kappa shape index (κ3) is 57.6. The van der Waals surface area contributed by atoms with Gasteiger partial charge in [-0.05, 0) is 44.9 Å². The van der Waals surface area contributed by atoms with Gasteiger partial charge in [0, 0.05) is 6.42 Å². The number of nitrogens with one attached hydrogen (secondary N) is 1. The molecule has 0 bridgehead atoms.